The molecule has 100 valence electrons. The van der Waals surface area contributed by atoms with Crippen molar-refractivity contribution in [2.45, 2.75) is 0 Å². The van der Waals surface area contributed by atoms with Crippen molar-refractivity contribution in [3.05, 3.63) is 29.3 Å². The Balaban J connectivity index is 1.98. The highest BCUT2D eigenvalue weighted by atomic mass is 32.1. The molecule has 0 amide bonds. The van der Waals surface area contributed by atoms with Gasteiger partial charge in [-0.3, -0.25) is 4.98 Å². The molecule has 2 aromatic rings. The Morgan fingerprint density at radius 1 is 1.16 bits per heavy atom. The van der Waals surface area contributed by atoms with Crippen LogP contribution in [0.5, 0.6) is 0 Å². The van der Waals surface area contributed by atoms with E-state index in [1.54, 1.807) is 12.4 Å². The number of piperazine rings is 1. The zero-order valence-electron chi connectivity index (χ0n) is 10.8. The maximum Gasteiger partial charge on any atom is 0.214 e. The van der Waals surface area contributed by atoms with Crippen molar-refractivity contribution in [2.24, 2.45) is 0 Å². The fourth-order valence-corrected chi connectivity index (χ4v) is 2.49. The van der Waals surface area contributed by atoms with Crippen LogP contribution in [-0.4, -0.2) is 58.0 Å². The van der Waals surface area contributed by atoms with E-state index in [-0.39, 0.29) is 0 Å². The quantitative estimate of drug-likeness (QED) is 0.826. The minimum atomic E-state index is 0.636. The van der Waals surface area contributed by atoms with Gasteiger partial charge >= 0.3 is 0 Å². The summed E-state index contributed by atoms with van der Waals surface area (Å²) in [4.78, 5) is 6.35. The van der Waals surface area contributed by atoms with Crippen molar-refractivity contribution in [1.82, 2.24) is 24.8 Å². The third kappa shape index (κ3) is 2.39. The highest BCUT2D eigenvalue weighted by Gasteiger charge is 2.19. The van der Waals surface area contributed by atoms with Gasteiger partial charge in [0.2, 0.25) is 4.77 Å². The number of nitrogens with one attached hydrogen (secondary N) is 1. The summed E-state index contributed by atoms with van der Waals surface area (Å²) in [5.74, 6) is 0.844. The summed E-state index contributed by atoms with van der Waals surface area (Å²) in [6.45, 7) is 3.95. The fourth-order valence-electron chi connectivity index (χ4n) is 2.24. The molecule has 0 aromatic carbocycles. The van der Waals surface area contributed by atoms with E-state index in [4.69, 9.17) is 12.2 Å². The Morgan fingerprint density at radius 3 is 2.53 bits per heavy atom. The molecule has 1 fully saturated rings. The van der Waals surface area contributed by atoms with Crippen molar-refractivity contribution in [1.29, 1.82) is 0 Å². The first-order valence-corrected chi connectivity index (χ1v) is 6.68. The van der Waals surface area contributed by atoms with Crippen molar-refractivity contribution in [3.63, 3.8) is 0 Å². The molecule has 1 N–H and O–H groups in total. The van der Waals surface area contributed by atoms with Gasteiger partial charge in [0.25, 0.3) is 0 Å². The molecule has 2 aromatic heterocycles. The minimum absolute atomic E-state index is 0.636. The Labute approximate surface area is 116 Å². The van der Waals surface area contributed by atoms with Gasteiger partial charge in [0, 0.05) is 44.1 Å². The van der Waals surface area contributed by atoms with E-state index in [1.165, 1.54) is 0 Å². The summed E-state index contributed by atoms with van der Waals surface area (Å²) in [6.07, 6.45) is 3.53. The lowest BCUT2D eigenvalue weighted by atomic mass is 10.2. The van der Waals surface area contributed by atoms with Crippen LogP contribution in [0.15, 0.2) is 24.5 Å². The molecule has 0 spiro atoms. The van der Waals surface area contributed by atoms with Crippen LogP contribution in [0.25, 0.3) is 11.4 Å². The topological polar surface area (TPSA) is 53.0 Å². The van der Waals surface area contributed by atoms with Gasteiger partial charge in [-0.2, -0.15) is 5.10 Å². The molecule has 0 aliphatic carbocycles. The van der Waals surface area contributed by atoms with Crippen molar-refractivity contribution < 1.29 is 0 Å². The number of likely N-dealkylation sites (N-methyl/N-ethyl adjacent to an activating group) is 1. The average Bonchev–Trinajstić information content (AvgIpc) is 2.83. The number of pyridine rings is 1. The number of nitrogens with zero attached hydrogens (tertiary/aromatic N) is 5. The molecule has 0 unspecified atom stereocenters. The summed E-state index contributed by atoms with van der Waals surface area (Å²) in [7, 11) is 2.13. The number of aromatic amines is 1. The summed E-state index contributed by atoms with van der Waals surface area (Å²) < 4.78 is 2.63. The molecule has 6 nitrogen and oxygen atoms in total. The van der Waals surface area contributed by atoms with E-state index in [1.807, 2.05) is 16.8 Å². The Hall–Kier alpha value is -1.73. The van der Waals surface area contributed by atoms with Crippen LogP contribution in [0, 0.1) is 4.77 Å². The molecule has 0 saturated carbocycles. The second-order valence-corrected chi connectivity index (χ2v) is 5.04. The number of hydrogen-bond acceptors (Lipinski definition) is 5. The summed E-state index contributed by atoms with van der Waals surface area (Å²) in [5, 5.41) is 9.46. The van der Waals surface area contributed by atoms with Crippen LogP contribution >= 0.6 is 12.2 Å². The molecule has 7 heteroatoms. The lowest BCUT2D eigenvalue weighted by Crippen LogP contribution is -2.50. The smallest absolute Gasteiger partial charge is 0.214 e. The van der Waals surface area contributed by atoms with Gasteiger partial charge in [0.15, 0.2) is 5.82 Å². The fraction of sp³-hybridized carbons (Fsp3) is 0.417. The second kappa shape index (κ2) is 5.10. The van der Waals surface area contributed by atoms with E-state index < -0.39 is 0 Å². The number of aromatic nitrogens is 4. The molecular weight excluding hydrogens is 260 g/mol. The van der Waals surface area contributed by atoms with Gasteiger partial charge in [0.1, 0.15) is 0 Å². The second-order valence-electron chi connectivity index (χ2n) is 4.66. The highest BCUT2D eigenvalue weighted by Crippen LogP contribution is 2.17. The molecule has 19 heavy (non-hydrogen) atoms. The van der Waals surface area contributed by atoms with Crippen LogP contribution in [-0.2, 0) is 0 Å². The van der Waals surface area contributed by atoms with Gasteiger partial charge in [-0.1, -0.05) is 0 Å². The van der Waals surface area contributed by atoms with Gasteiger partial charge in [-0.25, -0.2) is 9.77 Å². The van der Waals surface area contributed by atoms with Gasteiger partial charge in [-0.15, -0.1) is 0 Å². The molecule has 0 bridgehead atoms. The Morgan fingerprint density at radius 2 is 1.84 bits per heavy atom. The zero-order valence-corrected chi connectivity index (χ0v) is 11.6. The Kier molecular flexibility index (Phi) is 3.31. The standard InChI is InChI=1S/C12H16N6S/c1-16-6-8-17(9-7-16)18-11(14-15-12(18)19)10-2-4-13-5-3-10/h2-5H,6-9H2,1H3,(H,15,19). The molecule has 1 aliphatic rings. The van der Waals surface area contributed by atoms with Crippen LogP contribution in [0.4, 0.5) is 0 Å². The average molecular weight is 276 g/mol. The monoisotopic (exact) mass is 276 g/mol. The van der Waals surface area contributed by atoms with Crippen molar-refractivity contribution in [3.8, 4) is 11.4 Å². The van der Waals surface area contributed by atoms with E-state index in [0.29, 0.717) is 4.77 Å². The highest BCUT2D eigenvalue weighted by molar-refractivity contribution is 7.71. The normalized spacial score (nSPS) is 16.8. The van der Waals surface area contributed by atoms with E-state index in [0.717, 1.165) is 37.6 Å². The molecule has 3 rings (SSSR count). The maximum atomic E-state index is 5.36. The van der Waals surface area contributed by atoms with E-state index in [2.05, 4.69) is 32.1 Å². The Bertz CT molecular complexity index is 596. The summed E-state index contributed by atoms with van der Waals surface area (Å²) in [5.41, 5.74) is 1.02. The van der Waals surface area contributed by atoms with Gasteiger partial charge in [0.05, 0.1) is 0 Å². The molecule has 1 saturated heterocycles. The lowest BCUT2D eigenvalue weighted by Gasteiger charge is -2.34. The van der Waals surface area contributed by atoms with Crippen LogP contribution in [0.3, 0.4) is 0 Å². The van der Waals surface area contributed by atoms with Crippen molar-refractivity contribution in [2.75, 3.05) is 38.2 Å². The van der Waals surface area contributed by atoms with Crippen molar-refractivity contribution >= 4 is 12.2 Å². The van der Waals surface area contributed by atoms with Gasteiger partial charge in [-0.05, 0) is 31.4 Å². The first-order valence-electron chi connectivity index (χ1n) is 6.27. The molecule has 1 aliphatic heterocycles. The third-order valence-corrected chi connectivity index (χ3v) is 3.62. The molecule has 0 radical (unpaired) electrons. The predicted octanol–water partition coefficient (Wildman–Crippen LogP) is 0.886. The van der Waals surface area contributed by atoms with Crippen LogP contribution in [0.1, 0.15) is 0 Å². The number of hydrogen-bond donors (Lipinski definition) is 1. The summed E-state index contributed by atoms with van der Waals surface area (Å²) in [6, 6.07) is 3.88. The minimum Gasteiger partial charge on any atom is -0.306 e. The summed E-state index contributed by atoms with van der Waals surface area (Å²) >= 11 is 5.36. The first kappa shape index (κ1) is 12.3. The number of rotatable bonds is 2. The predicted molar refractivity (Wildman–Crippen MR) is 76.1 cm³/mol. The van der Waals surface area contributed by atoms with Gasteiger partial charge < -0.3 is 9.91 Å². The first-order chi connectivity index (χ1) is 9.25. The number of H-pyrrole nitrogens is 1. The SMILES string of the molecule is CN1CCN(n2c(-c3ccncc3)n[nH]c2=S)CC1. The van der Waals surface area contributed by atoms with E-state index >= 15 is 0 Å². The maximum absolute atomic E-state index is 5.36. The third-order valence-electron chi connectivity index (χ3n) is 3.35. The molecule has 3 heterocycles. The zero-order chi connectivity index (χ0) is 13.2. The van der Waals surface area contributed by atoms with Crippen LogP contribution < -0.4 is 5.01 Å². The molecular formula is C12H16N6S. The molecule has 0 atom stereocenters. The van der Waals surface area contributed by atoms with Crippen LogP contribution in [0.2, 0.25) is 0 Å². The van der Waals surface area contributed by atoms with E-state index in [9.17, 15) is 0 Å². The largest absolute Gasteiger partial charge is 0.306 e. The lowest BCUT2D eigenvalue weighted by molar-refractivity contribution is 0.287.